The molecule has 0 aliphatic heterocycles. The van der Waals surface area contributed by atoms with Crippen molar-refractivity contribution in [3.63, 3.8) is 0 Å². The number of fused-ring (bicyclic) bond motifs is 1. The SMILES string of the molecule is COCCN(C(=O)CC(C)(C)C)C(C)c1nc2ccccc2c(=O)n1-c1cc(C)ccc1OC. The number of aryl methyl sites for hydroxylation is 1. The van der Waals surface area contributed by atoms with E-state index in [-0.39, 0.29) is 16.9 Å². The van der Waals surface area contributed by atoms with Crippen molar-refractivity contribution in [2.75, 3.05) is 27.4 Å². The van der Waals surface area contributed by atoms with Gasteiger partial charge in [0.25, 0.3) is 5.56 Å². The van der Waals surface area contributed by atoms with Crippen molar-refractivity contribution in [3.8, 4) is 11.4 Å². The fourth-order valence-corrected chi connectivity index (χ4v) is 4.06. The summed E-state index contributed by atoms with van der Waals surface area (Å²) in [5.74, 6) is 1.02. The minimum atomic E-state index is -0.479. The van der Waals surface area contributed by atoms with Crippen molar-refractivity contribution in [3.05, 3.63) is 64.2 Å². The molecule has 7 nitrogen and oxygen atoms in total. The predicted octanol–water partition coefficient (Wildman–Crippen LogP) is 4.67. The molecule has 0 aliphatic carbocycles. The maximum absolute atomic E-state index is 13.8. The molecule has 0 aliphatic rings. The lowest BCUT2D eigenvalue weighted by Crippen LogP contribution is -2.40. The van der Waals surface area contributed by atoms with E-state index in [1.165, 1.54) is 0 Å². The van der Waals surface area contributed by atoms with Crippen LogP contribution in [-0.4, -0.2) is 47.7 Å². The molecule has 0 saturated carbocycles. The molecule has 1 heterocycles. The molecule has 2 aromatic carbocycles. The van der Waals surface area contributed by atoms with E-state index in [4.69, 9.17) is 14.5 Å². The van der Waals surface area contributed by atoms with Crippen molar-refractivity contribution in [2.24, 2.45) is 5.41 Å². The number of methoxy groups -OCH3 is 2. The van der Waals surface area contributed by atoms with Gasteiger partial charge in [0.05, 0.1) is 36.3 Å². The van der Waals surface area contributed by atoms with Crippen LogP contribution in [0.4, 0.5) is 0 Å². The van der Waals surface area contributed by atoms with Crippen LogP contribution in [0.1, 0.15) is 51.5 Å². The predicted molar refractivity (Wildman–Crippen MR) is 135 cm³/mol. The third-order valence-corrected chi connectivity index (χ3v) is 5.76. The van der Waals surface area contributed by atoms with E-state index in [0.717, 1.165) is 5.56 Å². The van der Waals surface area contributed by atoms with Gasteiger partial charge in [0.15, 0.2) is 0 Å². The summed E-state index contributed by atoms with van der Waals surface area (Å²) in [6.45, 7) is 10.7. The second-order valence-corrected chi connectivity index (χ2v) is 9.80. The summed E-state index contributed by atoms with van der Waals surface area (Å²) in [5.41, 5.74) is 1.79. The summed E-state index contributed by atoms with van der Waals surface area (Å²) in [4.78, 5) is 33.8. The molecule has 1 atom stereocenters. The first-order valence-electron chi connectivity index (χ1n) is 11.5. The van der Waals surface area contributed by atoms with Crippen LogP contribution in [-0.2, 0) is 9.53 Å². The highest BCUT2D eigenvalue weighted by Crippen LogP contribution is 2.30. The Morgan fingerprint density at radius 3 is 2.50 bits per heavy atom. The monoisotopic (exact) mass is 465 g/mol. The molecule has 0 spiro atoms. The first-order valence-corrected chi connectivity index (χ1v) is 11.5. The lowest BCUT2D eigenvalue weighted by molar-refractivity contribution is -0.136. The fourth-order valence-electron chi connectivity index (χ4n) is 4.06. The lowest BCUT2D eigenvalue weighted by Gasteiger charge is -2.32. The van der Waals surface area contributed by atoms with Gasteiger partial charge in [-0.2, -0.15) is 0 Å². The van der Waals surface area contributed by atoms with E-state index in [2.05, 4.69) is 0 Å². The van der Waals surface area contributed by atoms with E-state index in [9.17, 15) is 9.59 Å². The van der Waals surface area contributed by atoms with Gasteiger partial charge in [-0.15, -0.1) is 0 Å². The van der Waals surface area contributed by atoms with Gasteiger partial charge in [0, 0.05) is 20.1 Å². The molecule has 34 heavy (non-hydrogen) atoms. The zero-order valence-corrected chi connectivity index (χ0v) is 21.2. The van der Waals surface area contributed by atoms with E-state index in [1.807, 2.05) is 71.0 Å². The smallest absolute Gasteiger partial charge is 0.266 e. The molecule has 3 aromatic rings. The van der Waals surface area contributed by atoms with Gasteiger partial charge in [0.1, 0.15) is 11.6 Å². The average molecular weight is 466 g/mol. The van der Waals surface area contributed by atoms with Gasteiger partial charge in [-0.25, -0.2) is 4.98 Å². The molecule has 0 N–H and O–H groups in total. The van der Waals surface area contributed by atoms with Gasteiger partial charge < -0.3 is 14.4 Å². The highest BCUT2D eigenvalue weighted by atomic mass is 16.5. The quantitative estimate of drug-likeness (QED) is 0.483. The number of carbonyl (C=O) groups is 1. The number of carbonyl (C=O) groups excluding carboxylic acids is 1. The molecule has 0 bridgehead atoms. The lowest BCUT2D eigenvalue weighted by atomic mass is 9.91. The van der Waals surface area contributed by atoms with Crippen molar-refractivity contribution in [1.82, 2.24) is 14.5 Å². The van der Waals surface area contributed by atoms with Crippen molar-refractivity contribution >= 4 is 16.8 Å². The molecule has 1 aromatic heterocycles. The molecular formula is C27H35N3O4. The molecule has 3 rings (SSSR count). The Morgan fingerprint density at radius 2 is 1.85 bits per heavy atom. The Balaban J connectivity index is 2.28. The van der Waals surface area contributed by atoms with Crippen molar-refractivity contribution < 1.29 is 14.3 Å². The molecule has 0 radical (unpaired) electrons. The molecule has 0 fully saturated rings. The summed E-state index contributed by atoms with van der Waals surface area (Å²) < 4.78 is 12.5. The van der Waals surface area contributed by atoms with Crippen molar-refractivity contribution in [1.29, 1.82) is 0 Å². The second-order valence-electron chi connectivity index (χ2n) is 9.80. The Bertz CT molecular complexity index is 1230. The number of amides is 1. The zero-order valence-electron chi connectivity index (χ0n) is 21.2. The topological polar surface area (TPSA) is 73.7 Å². The molecule has 7 heteroatoms. The Labute approximate surface area is 201 Å². The number of para-hydroxylation sites is 1. The Morgan fingerprint density at radius 1 is 1.15 bits per heavy atom. The first-order chi connectivity index (χ1) is 16.1. The van der Waals surface area contributed by atoms with Crippen LogP contribution < -0.4 is 10.3 Å². The minimum absolute atomic E-state index is 0.0118. The van der Waals surface area contributed by atoms with Gasteiger partial charge in [-0.3, -0.25) is 14.2 Å². The van der Waals surface area contributed by atoms with Gasteiger partial charge >= 0.3 is 0 Å². The number of benzene rings is 2. The number of aromatic nitrogens is 2. The number of nitrogens with zero attached hydrogens (tertiary/aromatic N) is 3. The second kappa shape index (κ2) is 10.4. The standard InChI is InChI=1S/C27H35N3O4/c1-18-12-13-23(34-7)22(16-18)30-25(28-21-11-9-8-10-20(21)26(30)32)19(2)29(14-15-33-6)24(31)17-27(3,4)5/h8-13,16,19H,14-15,17H2,1-7H3. The number of rotatable bonds is 8. The molecular weight excluding hydrogens is 430 g/mol. The van der Waals surface area contributed by atoms with Gasteiger partial charge in [0.2, 0.25) is 5.91 Å². The largest absolute Gasteiger partial charge is 0.495 e. The van der Waals surface area contributed by atoms with Crippen LogP contribution in [0.25, 0.3) is 16.6 Å². The van der Waals surface area contributed by atoms with E-state index in [1.54, 1.807) is 29.8 Å². The van der Waals surface area contributed by atoms with Crippen LogP contribution in [0.5, 0.6) is 5.75 Å². The summed E-state index contributed by atoms with van der Waals surface area (Å²) >= 11 is 0. The van der Waals surface area contributed by atoms with Crippen LogP contribution in [0.2, 0.25) is 0 Å². The van der Waals surface area contributed by atoms with E-state index < -0.39 is 6.04 Å². The molecule has 1 amide bonds. The average Bonchev–Trinajstić information content (AvgIpc) is 2.78. The number of hydrogen-bond donors (Lipinski definition) is 0. The van der Waals surface area contributed by atoms with E-state index in [0.29, 0.717) is 47.7 Å². The highest BCUT2D eigenvalue weighted by Gasteiger charge is 2.29. The van der Waals surface area contributed by atoms with Crippen LogP contribution in [0.3, 0.4) is 0 Å². The zero-order chi connectivity index (χ0) is 25.0. The Kier molecular flexibility index (Phi) is 7.77. The number of hydrogen-bond acceptors (Lipinski definition) is 5. The van der Waals surface area contributed by atoms with Crippen LogP contribution in [0, 0.1) is 12.3 Å². The summed E-state index contributed by atoms with van der Waals surface area (Å²) in [7, 11) is 3.19. The first kappa shape index (κ1) is 25.4. The van der Waals surface area contributed by atoms with Crippen molar-refractivity contribution in [2.45, 2.75) is 47.1 Å². The molecule has 1 unspecified atom stereocenters. The van der Waals surface area contributed by atoms with Crippen LogP contribution in [0.15, 0.2) is 47.3 Å². The van der Waals surface area contributed by atoms with Gasteiger partial charge in [-0.05, 0) is 49.1 Å². The van der Waals surface area contributed by atoms with E-state index >= 15 is 0 Å². The fraction of sp³-hybridized carbons (Fsp3) is 0.444. The normalized spacial score (nSPS) is 12.6. The van der Waals surface area contributed by atoms with Gasteiger partial charge in [-0.1, -0.05) is 39.0 Å². The number of ether oxygens (including phenoxy) is 2. The molecule has 182 valence electrons. The highest BCUT2D eigenvalue weighted by molar-refractivity contribution is 5.79. The third-order valence-electron chi connectivity index (χ3n) is 5.76. The Hall–Kier alpha value is -3.19. The summed E-state index contributed by atoms with van der Waals surface area (Å²) in [5, 5.41) is 0.506. The minimum Gasteiger partial charge on any atom is -0.495 e. The van der Waals surface area contributed by atoms with Crippen LogP contribution >= 0.6 is 0 Å². The molecule has 0 saturated heterocycles. The summed E-state index contributed by atoms with van der Waals surface area (Å²) in [6, 6.07) is 12.5. The summed E-state index contributed by atoms with van der Waals surface area (Å²) in [6.07, 6.45) is 0.368. The maximum atomic E-state index is 13.8. The third kappa shape index (κ3) is 5.47. The maximum Gasteiger partial charge on any atom is 0.266 e.